The van der Waals surface area contributed by atoms with Crippen LogP contribution in [-0.2, 0) is 10.1 Å². The minimum absolute atomic E-state index is 0. The monoisotopic (exact) mass is 210 g/mol. The van der Waals surface area contributed by atoms with Gasteiger partial charge < -0.3 is 0 Å². The second kappa shape index (κ2) is 7.66. The summed E-state index contributed by atoms with van der Waals surface area (Å²) in [5.41, 5.74) is 0. The van der Waals surface area contributed by atoms with Gasteiger partial charge in [-0.2, -0.15) is 8.42 Å². The summed E-state index contributed by atoms with van der Waals surface area (Å²) in [6.07, 6.45) is 2.05. The highest BCUT2D eigenvalue weighted by atomic mass is 32.3. The third kappa shape index (κ3) is 13.9. The highest BCUT2D eigenvalue weighted by Gasteiger charge is 2.02. The van der Waals surface area contributed by atoms with E-state index in [1.807, 2.05) is 6.92 Å². The van der Waals surface area contributed by atoms with Crippen molar-refractivity contribution in [2.24, 2.45) is 0 Å². The van der Waals surface area contributed by atoms with Gasteiger partial charge >= 0.3 is 23.1 Å². The lowest BCUT2D eigenvalue weighted by Gasteiger charge is -1.95. The summed E-state index contributed by atoms with van der Waals surface area (Å²) >= 11 is 1.25. The molecule has 0 bridgehead atoms. The Hall–Kier alpha value is 1.03. The minimum Gasteiger partial charge on any atom is -0.285 e. The van der Waals surface area contributed by atoms with E-state index in [-0.39, 0.29) is 28.1 Å². The quantitative estimate of drug-likeness (QED) is 0.407. The van der Waals surface area contributed by atoms with Crippen LogP contribution < -0.4 is 0 Å². The zero-order valence-electron chi connectivity index (χ0n) is 5.91. The van der Waals surface area contributed by atoms with E-state index in [4.69, 9.17) is 4.55 Å². The Morgan fingerprint density at radius 3 is 2.36 bits per heavy atom. The molecule has 3 nitrogen and oxygen atoms in total. The van der Waals surface area contributed by atoms with Crippen LogP contribution in [0.2, 0.25) is 0 Å². The van der Waals surface area contributed by atoms with E-state index >= 15 is 0 Å². The molecule has 0 amide bonds. The first kappa shape index (κ1) is 14.5. The molecular formula is C5H14MgO3S2. The normalized spacial score (nSPS) is 10.7. The van der Waals surface area contributed by atoms with Crippen LogP contribution in [0.25, 0.3) is 0 Å². The van der Waals surface area contributed by atoms with E-state index in [0.29, 0.717) is 0 Å². The lowest BCUT2D eigenvalue weighted by molar-refractivity contribution is 0.489. The SMILES string of the molecule is CCCCSCS(=O)(=O)O.[MgH2]. The third-order valence-corrected chi connectivity index (χ3v) is 3.31. The molecule has 6 heteroatoms. The maximum atomic E-state index is 10.1. The van der Waals surface area contributed by atoms with E-state index in [0.717, 1.165) is 18.6 Å². The topological polar surface area (TPSA) is 54.4 Å². The number of unbranched alkanes of at least 4 members (excludes halogenated alkanes) is 1. The first-order valence-electron chi connectivity index (χ1n) is 3.09. The van der Waals surface area contributed by atoms with Crippen LogP contribution in [0.3, 0.4) is 0 Å². The van der Waals surface area contributed by atoms with Crippen molar-refractivity contribution in [3.05, 3.63) is 0 Å². The average molecular weight is 211 g/mol. The van der Waals surface area contributed by atoms with Gasteiger partial charge in [0.05, 0.1) is 0 Å². The van der Waals surface area contributed by atoms with Gasteiger partial charge in [-0.05, 0) is 12.2 Å². The third-order valence-electron chi connectivity index (χ3n) is 0.874. The molecule has 66 valence electrons. The number of thioether (sulfide) groups is 1. The molecule has 0 aromatic carbocycles. The molecule has 0 rings (SSSR count). The second-order valence-corrected chi connectivity index (χ2v) is 4.88. The highest BCUT2D eigenvalue weighted by molar-refractivity contribution is 8.10. The van der Waals surface area contributed by atoms with Crippen LogP contribution in [0.5, 0.6) is 0 Å². The summed E-state index contributed by atoms with van der Waals surface area (Å²) in [6, 6.07) is 0. The predicted octanol–water partition coefficient (Wildman–Crippen LogP) is 0.449. The Kier molecular flexibility index (Phi) is 10.1. The fraction of sp³-hybridized carbons (Fsp3) is 1.00. The maximum Gasteiger partial charge on any atom is 0.316 e. The van der Waals surface area contributed by atoms with E-state index in [1.54, 1.807) is 0 Å². The van der Waals surface area contributed by atoms with E-state index in [9.17, 15) is 8.42 Å². The van der Waals surface area contributed by atoms with Gasteiger partial charge in [-0.1, -0.05) is 13.3 Å². The highest BCUT2D eigenvalue weighted by Crippen LogP contribution is 2.06. The average Bonchev–Trinajstić information content (AvgIpc) is 1.78. The largest absolute Gasteiger partial charge is 0.316 e. The van der Waals surface area contributed by atoms with Crippen molar-refractivity contribution in [3.8, 4) is 0 Å². The Labute approximate surface area is 88.2 Å². The minimum atomic E-state index is -3.74. The van der Waals surface area contributed by atoms with Gasteiger partial charge in [0, 0.05) is 0 Å². The maximum absolute atomic E-state index is 10.1. The van der Waals surface area contributed by atoms with Crippen molar-refractivity contribution < 1.29 is 13.0 Å². The van der Waals surface area contributed by atoms with E-state index in [1.165, 1.54) is 11.8 Å². The molecule has 0 aliphatic carbocycles. The molecule has 0 atom stereocenters. The molecule has 0 spiro atoms. The Morgan fingerprint density at radius 2 is 2.00 bits per heavy atom. The predicted molar refractivity (Wildman–Crippen MR) is 52.3 cm³/mol. The van der Waals surface area contributed by atoms with Gasteiger partial charge in [0.2, 0.25) is 0 Å². The molecular weight excluding hydrogens is 196 g/mol. The molecule has 0 aromatic rings. The lowest BCUT2D eigenvalue weighted by Crippen LogP contribution is -2.00. The van der Waals surface area contributed by atoms with Crippen molar-refractivity contribution in [1.29, 1.82) is 0 Å². The van der Waals surface area contributed by atoms with E-state index in [2.05, 4.69) is 0 Å². The molecule has 0 aliphatic heterocycles. The number of hydrogen-bond donors (Lipinski definition) is 1. The van der Waals surface area contributed by atoms with Gasteiger partial charge in [0.25, 0.3) is 10.1 Å². The van der Waals surface area contributed by atoms with Crippen LogP contribution in [0.1, 0.15) is 19.8 Å². The van der Waals surface area contributed by atoms with Crippen molar-refractivity contribution >= 4 is 44.9 Å². The molecule has 11 heavy (non-hydrogen) atoms. The molecule has 0 radical (unpaired) electrons. The molecule has 0 saturated heterocycles. The molecule has 0 unspecified atom stereocenters. The first-order chi connectivity index (χ1) is 4.56. The standard InChI is InChI=1S/C5H12O3S2.Mg.2H/c1-2-3-4-9-5-10(6,7)8;;;/h2-5H2,1H3,(H,6,7,8);;;. The zero-order chi connectivity index (χ0) is 8.04. The first-order valence-corrected chi connectivity index (χ1v) is 5.85. The van der Waals surface area contributed by atoms with Crippen molar-refractivity contribution in [3.63, 3.8) is 0 Å². The molecule has 0 heterocycles. The van der Waals surface area contributed by atoms with Crippen LogP contribution in [-0.4, -0.2) is 46.9 Å². The van der Waals surface area contributed by atoms with Crippen molar-refractivity contribution in [2.45, 2.75) is 19.8 Å². The summed E-state index contributed by atoms with van der Waals surface area (Å²) in [5, 5.41) is -0.174. The van der Waals surface area contributed by atoms with Gasteiger partial charge in [0.1, 0.15) is 5.08 Å². The lowest BCUT2D eigenvalue weighted by atomic mass is 10.4. The van der Waals surface area contributed by atoms with Gasteiger partial charge in [-0.15, -0.1) is 11.8 Å². The Balaban J connectivity index is 0. The molecule has 0 fully saturated rings. The molecule has 1 N–H and O–H groups in total. The van der Waals surface area contributed by atoms with Crippen LogP contribution in [0, 0.1) is 0 Å². The molecule has 0 aliphatic rings. The molecule has 0 saturated carbocycles. The summed E-state index contributed by atoms with van der Waals surface area (Å²) < 4.78 is 28.5. The zero-order valence-corrected chi connectivity index (χ0v) is 7.54. The summed E-state index contributed by atoms with van der Waals surface area (Å²) in [6.45, 7) is 2.04. The smallest absolute Gasteiger partial charge is 0.285 e. The Bertz CT molecular complexity index is 167. The number of hydrogen-bond acceptors (Lipinski definition) is 3. The van der Waals surface area contributed by atoms with Crippen molar-refractivity contribution in [1.82, 2.24) is 0 Å². The summed E-state index contributed by atoms with van der Waals surface area (Å²) in [5.74, 6) is 0.802. The van der Waals surface area contributed by atoms with Crippen LogP contribution in [0.4, 0.5) is 0 Å². The van der Waals surface area contributed by atoms with E-state index < -0.39 is 10.1 Å². The fourth-order valence-electron chi connectivity index (χ4n) is 0.411. The second-order valence-electron chi connectivity index (χ2n) is 1.96. The molecule has 0 aromatic heterocycles. The van der Waals surface area contributed by atoms with Gasteiger partial charge in [0.15, 0.2) is 0 Å². The summed E-state index contributed by atoms with van der Waals surface area (Å²) in [7, 11) is -3.74. The van der Waals surface area contributed by atoms with Crippen LogP contribution in [0.15, 0.2) is 0 Å². The van der Waals surface area contributed by atoms with Gasteiger partial charge in [-0.3, -0.25) is 4.55 Å². The fourth-order valence-corrected chi connectivity index (χ4v) is 2.22. The van der Waals surface area contributed by atoms with Crippen LogP contribution >= 0.6 is 11.8 Å². The van der Waals surface area contributed by atoms with Crippen molar-refractivity contribution in [2.75, 3.05) is 10.8 Å². The summed E-state index contributed by atoms with van der Waals surface area (Å²) in [4.78, 5) is 0. The number of rotatable bonds is 5. The van der Waals surface area contributed by atoms with Gasteiger partial charge in [-0.25, -0.2) is 0 Å². The Morgan fingerprint density at radius 1 is 1.45 bits per heavy atom.